The smallest absolute Gasteiger partial charge is 0.216 e. The zero-order valence-corrected chi connectivity index (χ0v) is 19.4. The summed E-state index contributed by atoms with van der Waals surface area (Å²) >= 11 is 0. The van der Waals surface area contributed by atoms with Gasteiger partial charge in [-0.25, -0.2) is 9.67 Å². The predicted octanol–water partition coefficient (Wildman–Crippen LogP) is 4.41. The topological polar surface area (TPSA) is 80.4 Å². The fourth-order valence-electron chi connectivity index (χ4n) is 4.81. The Labute approximate surface area is 202 Å². The number of fused-ring (bicyclic) bond motifs is 2. The number of imidazole rings is 1. The minimum absolute atomic E-state index is 0.267. The van der Waals surface area contributed by atoms with Gasteiger partial charge in [0.15, 0.2) is 5.65 Å². The van der Waals surface area contributed by atoms with E-state index in [9.17, 15) is 4.79 Å². The van der Waals surface area contributed by atoms with Crippen molar-refractivity contribution in [1.82, 2.24) is 24.1 Å². The molecule has 1 amide bonds. The number of carbonyl (C=O) groups is 1. The van der Waals surface area contributed by atoms with Gasteiger partial charge in [-0.2, -0.15) is 5.10 Å². The molecule has 0 fully saturated rings. The van der Waals surface area contributed by atoms with E-state index in [1.807, 2.05) is 82.9 Å². The molecule has 1 aliphatic carbocycles. The molecule has 0 radical (unpaired) electrons. The molecule has 8 nitrogen and oxygen atoms in total. The van der Waals surface area contributed by atoms with Crippen LogP contribution in [0.15, 0.2) is 73.1 Å². The molecule has 174 valence electrons. The first-order valence-electron chi connectivity index (χ1n) is 11.8. The summed E-state index contributed by atoms with van der Waals surface area (Å²) in [7, 11) is 0. The van der Waals surface area contributed by atoms with Crippen molar-refractivity contribution in [3.63, 3.8) is 0 Å². The van der Waals surface area contributed by atoms with Gasteiger partial charge < -0.3 is 5.32 Å². The summed E-state index contributed by atoms with van der Waals surface area (Å²) in [4.78, 5) is 23.4. The van der Waals surface area contributed by atoms with E-state index >= 15 is 0 Å². The van der Waals surface area contributed by atoms with E-state index in [-0.39, 0.29) is 6.67 Å². The third kappa shape index (κ3) is 3.63. The van der Waals surface area contributed by atoms with Crippen molar-refractivity contribution >= 4 is 23.7 Å². The molecule has 8 heteroatoms. The molecule has 35 heavy (non-hydrogen) atoms. The first kappa shape index (κ1) is 21.1. The van der Waals surface area contributed by atoms with Gasteiger partial charge in [0, 0.05) is 23.5 Å². The number of para-hydroxylation sites is 1. The molecule has 1 aliphatic rings. The molecule has 0 bridgehead atoms. The van der Waals surface area contributed by atoms with Gasteiger partial charge in [-0.15, -0.1) is 0 Å². The van der Waals surface area contributed by atoms with Crippen molar-refractivity contribution in [2.45, 2.75) is 26.2 Å². The standard InChI is InChI=1S/C27H25N7O/c1-19-25-30-24(20-9-4-2-5-10-20)27(33(25)16-15-28-19)32(18-35)17-29-26-22-13-8-14-23(22)31-34(26)21-11-6-3-7-12-21/h2-7,9-12,15-16,18,29H,8,13-14,17H2,1H3. The molecular formula is C27H25N7O. The van der Waals surface area contributed by atoms with Gasteiger partial charge in [-0.05, 0) is 38.3 Å². The number of rotatable bonds is 7. The number of carbonyl (C=O) groups excluding carboxylic acids is 1. The Morgan fingerprint density at radius 2 is 1.83 bits per heavy atom. The minimum atomic E-state index is 0.267. The normalized spacial score (nSPS) is 12.6. The number of hydrogen-bond acceptors (Lipinski definition) is 5. The van der Waals surface area contributed by atoms with E-state index in [0.29, 0.717) is 5.82 Å². The highest BCUT2D eigenvalue weighted by atomic mass is 16.1. The van der Waals surface area contributed by atoms with Gasteiger partial charge in [0.25, 0.3) is 0 Å². The van der Waals surface area contributed by atoms with Crippen LogP contribution in [0.25, 0.3) is 22.6 Å². The van der Waals surface area contributed by atoms with Gasteiger partial charge in [-0.3, -0.25) is 19.1 Å². The van der Waals surface area contributed by atoms with E-state index in [4.69, 9.17) is 10.1 Å². The Hall–Kier alpha value is -4.46. The number of benzene rings is 2. The third-order valence-corrected chi connectivity index (χ3v) is 6.46. The number of anilines is 2. The molecule has 3 heterocycles. The van der Waals surface area contributed by atoms with Crippen LogP contribution in [-0.4, -0.2) is 37.2 Å². The van der Waals surface area contributed by atoms with Crippen LogP contribution in [0, 0.1) is 6.92 Å². The van der Waals surface area contributed by atoms with Crippen LogP contribution in [0.4, 0.5) is 11.6 Å². The molecule has 3 aromatic heterocycles. The van der Waals surface area contributed by atoms with Gasteiger partial charge in [0.2, 0.25) is 6.41 Å². The zero-order valence-electron chi connectivity index (χ0n) is 19.4. The van der Waals surface area contributed by atoms with Crippen LogP contribution in [0.5, 0.6) is 0 Å². The molecule has 6 rings (SSSR count). The summed E-state index contributed by atoms with van der Waals surface area (Å²) in [5.41, 5.74) is 6.53. The summed E-state index contributed by atoms with van der Waals surface area (Å²) in [5, 5.41) is 8.40. The van der Waals surface area contributed by atoms with Crippen molar-refractivity contribution in [1.29, 1.82) is 0 Å². The highest BCUT2D eigenvalue weighted by molar-refractivity contribution is 5.86. The second-order valence-corrected chi connectivity index (χ2v) is 8.64. The molecule has 0 spiro atoms. The maximum absolute atomic E-state index is 12.5. The van der Waals surface area contributed by atoms with Crippen LogP contribution in [0.1, 0.15) is 23.4 Å². The monoisotopic (exact) mass is 463 g/mol. The van der Waals surface area contributed by atoms with Crippen molar-refractivity contribution in [2.75, 3.05) is 16.9 Å². The minimum Gasteiger partial charge on any atom is -0.352 e. The van der Waals surface area contributed by atoms with Crippen molar-refractivity contribution in [3.8, 4) is 16.9 Å². The molecule has 1 N–H and O–H groups in total. The number of aryl methyl sites for hydroxylation is 2. The lowest BCUT2D eigenvalue weighted by atomic mass is 10.1. The second kappa shape index (κ2) is 8.72. The predicted molar refractivity (Wildman–Crippen MR) is 136 cm³/mol. The van der Waals surface area contributed by atoms with Gasteiger partial charge in [0.1, 0.15) is 17.3 Å². The van der Waals surface area contributed by atoms with E-state index in [1.54, 1.807) is 11.1 Å². The van der Waals surface area contributed by atoms with Crippen LogP contribution in [0.2, 0.25) is 0 Å². The fourth-order valence-corrected chi connectivity index (χ4v) is 4.81. The Morgan fingerprint density at radius 3 is 2.60 bits per heavy atom. The maximum atomic E-state index is 12.5. The van der Waals surface area contributed by atoms with Crippen molar-refractivity contribution in [3.05, 3.63) is 90.0 Å². The highest BCUT2D eigenvalue weighted by Crippen LogP contribution is 2.33. The van der Waals surface area contributed by atoms with Gasteiger partial charge in [-0.1, -0.05) is 48.5 Å². The Kier molecular flexibility index (Phi) is 5.25. The SMILES string of the molecule is Cc1nccn2c(N(C=O)CNc3c4c(nn3-c3ccccc3)CCC4)c(-c3ccccc3)nc12. The molecule has 0 saturated heterocycles. The van der Waals surface area contributed by atoms with Gasteiger partial charge in [0.05, 0.1) is 23.7 Å². The number of aromatic nitrogens is 5. The molecular weight excluding hydrogens is 438 g/mol. The molecule has 0 aliphatic heterocycles. The molecule has 0 unspecified atom stereocenters. The first-order chi connectivity index (χ1) is 17.2. The van der Waals surface area contributed by atoms with Crippen LogP contribution in [0.3, 0.4) is 0 Å². The summed E-state index contributed by atoms with van der Waals surface area (Å²) in [6.07, 6.45) is 7.47. The Morgan fingerprint density at radius 1 is 1.06 bits per heavy atom. The lowest BCUT2D eigenvalue weighted by Gasteiger charge is -2.21. The Bertz CT molecular complexity index is 1510. The average molecular weight is 464 g/mol. The summed E-state index contributed by atoms with van der Waals surface area (Å²) in [6.45, 7) is 2.19. The number of amides is 1. The first-order valence-corrected chi connectivity index (χ1v) is 11.8. The van der Waals surface area contributed by atoms with Crippen molar-refractivity contribution in [2.24, 2.45) is 0 Å². The maximum Gasteiger partial charge on any atom is 0.216 e. The van der Waals surface area contributed by atoms with Crippen LogP contribution in [-0.2, 0) is 17.6 Å². The van der Waals surface area contributed by atoms with E-state index in [1.165, 1.54) is 5.56 Å². The number of nitrogens with zero attached hydrogens (tertiary/aromatic N) is 6. The summed E-state index contributed by atoms with van der Waals surface area (Å²) in [5.74, 6) is 1.63. The number of nitrogens with one attached hydrogen (secondary N) is 1. The number of hydrogen-bond donors (Lipinski definition) is 1. The molecule has 2 aromatic carbocycles. The van der Waals surface area contributed by atoms with E-state index < -0.39 is 0 Å². The lowest BCUT2D eigenvalue weighted by Crippen LogP contribution is -2.30. The molecule has 0 atom stereocenters. The molecule has 5 aromatic rings. The zero-order chi connectivity index (χ0) is 23.8. The fraction of sp³-hybridized carbons (Fsp3) is 0.185. The Balaban J connectivity index is 1.41. The quantitative estimate of drug-likeness (QED) is 0.286. The summed E-state index contributed by atoms with van der Waals surface area (Å²) in [6, 6.07) is 20.0. The van der Waals surface area contributed by atoms with Crippen molar-refractivity contribution < 1.29 is 4.79 Å². The molecule has 0 saturated carbocycles. The van der Waals surface area contributed by atoms with Gasteiger partial charge >= 0.3 is 0 Å². The summed E-state index contributed by atoms with van der Waals surface area (Å²) < 4.78 is 3.88. The second-order valence-electron chi connectivity index (χ2n) is 8.64. The third-order valence-electron chi connectivity index (χ3n) is 6.46. The average Bonchev–Trinajstić information content (AvgIpc) is 3.60. The van der Waals surface area contributed by atoms with E-state index in [2.05, 4.69) is 10.3 Å². The van der Waals surface area contributed by atoms with E-state index in [0.717, 1.165) is 65.5 Å². The lowest BCUT2D eigenvalue weighted by molar-refractivity contribution is -0.107. The highest BCUT2D eigenvalue weighted by Gasteiger charge is 2.25. The van der Waals surface area contributed by atoms with Crippen LogP contribution < -0.4 is 10.2 Å². The largest absolute Gasteiger partial charge is 0.352 e. The van der Waals surface area contributed by atoms with Crippen LogP contribution >= 0.6 is 0 Å².